The molecule has 6 rings (SSSR count). The standard InChI is InChI=1S/C35H36N4OS/c1-25-19-34-31(23-33(25)36-35(40)22-30-11-6-18-41-30)32(37-38-34)13-12-27-9-5-10-29(21-27)24-39-16-14-28(15-17-39)20-26-7-3-2-4-8-26/h2-13,18-19,21,23,28H,14-17,20,22,24H2,1H3,(H,36,40)(H,37,38). The fourth-order valence-electron chi connectivity index (χ4n) is 5.75. The van der Waals surface area contributed by atoms with E-state index in [4.69, 9.17) is 0 Å². The Hall–Kier alpha value is -4.00. The van der Waals surface area contributed by atoms with E-state index in [0.717, 1.165) is 63.8 Å². The fraction of sp³-hybridized carbons (Fsp3) is 0.257. The number of hydrogen-bond donors (Lipinski definition) is 2. The number of aryl methyl sites for hydroxylation is 1. The largest absolute Gasteiger partial charge is 0.326 e. The Morgan fingerprint density at radius 1 is 1.00 bits per heavy atom. The fourth-order valence-corrected chi connectivity index (χ4v) is 6.45. The zero-order chi connectivity index (χ0) is 28.0. The van der Waals surface area contributed by atoms with E-state index in [9.17, 15) is 4.79 Å². The number of H-pyrrole nitrogens is 1. The molecule has 0 spiro atoms. The first-order chi connectivity index (χ1) is 20.1. The highest BCUT2D eigenvalue weighted by atomic mass is 32.1. The van der Waals surface area contributed by atoms with Crippen LogP contribution in [0.1, 0.15) is 45.7 Å². The first-order valence-corrected chi connectivity index (χ1v) is 15.3. The molecule has 3 heterocycles. The van der Waals surface area contributed by atoms with E-state index in [2.05, 4.69) is 87.2 Å². The first kappa shape index (κ1) is 27.2. The van der Waals surface area contributed by atoms with E-state index in [0.29, 0.717) is 6.42 Å². The average molecular weight is 561 g/mol. The third kappa shape index (κ3) is 7.02. The van der Waals surface area contributed by atoms with E-state index in [1.54, 1.807) is 11.3 Å². The highest BCUT2D eigenvalue weighted by molar-refractivity contribution is 7.10. The maximum atomic E-state index is 12.6. The lowest BCUT2D eigenvalue weighted by Gasteiger charge is -2.32. The van der Waals surface area contributed by atoms with Crippen molar-refractivity contribution in [2.75, 3.05) is 18.4 Å². The number of benzene rings is 3. The van der Waals surface area contributed by atoms with E-state index in [1.807, 2.05) is 36.6 Å². The molecule has 1 aliphatic rings. The third-order valence-corrected chi connectivity index (χ3v) is 8.87. The van der Waals surface area contributed by atoms with Crippen LogP contribution in [-0.4, -0.2) is 34.1 Å². The number of amides is 1. The number of nitrogens with one attached hydrogen (secondary N) is 2. The molecule has 1 aliphatic heterocycles. The number of aromatic amines is 1. The second kappa shape index (κ2) is 12.7. The van der Waals surface area contributed by atoms with Crippen molar-refractivity contribution in [3.05, 3.63) is 117 Å². The van der Waals surface area contributed by atoms with Gasteiger partial charge in [0.05, 0.1) is 17.6 Å². The molecule has 0 saturated carbocycles. The molecule has 41 heavy (non-hydrogen) atoms. The molecule has 1 fully saturated rings. The lowest BCUT2D eigenvalue weighted by molar-refractivity contribution is -0.115. The molecule has 0 unspecified atom stereocenters. The van der Waals surface area contributed by atoms with E-state index < -0.39 is 0 Å². The van der Waals surface area contributed by atoms with Gasteiger partial charge < -0.3 is 5.32 Å². The number of rotatable bonds is 9. The molecule has 1 saturated heterocycles. The number of piperidine rings is 1. The molecule has 0 radical (unpaired) electrons. The van der Waals surface area contributed by atoms with Crippen LogP contribution in [0, 0.1) is 12.8 Å². The monoisotopic (exact) mass is 560 g/mol. The number of thiophene rings is 1. The maximum Gasteiger partial charge on any atom is 0.229 e. The Morgan fingerprint density at radius 2 is 1.83 bits per heavy atom. The van der Waals surface area contributed by atoms with Gasteiger partial charge in [-0.3, -0.25) is 14.8 Å². The van der Waals surface area contributed by atoms with Gasteiger partial charge in [-0.25, -0.2) is 0 Å². The summed E-state index contributed by atoms with van der Waals surface area (Å²) in [5.41, 5.74) is 7.61. The van der Waals surface area contributed by atoms with Gasteiger partial charge in [0.25, 0.3) is 0 Å². The van der Waals surface area contributed by atoms with Crippen LogP contribution >= 0.6 is 11.3 Å². The van der Waals surface area contributed by atoms with Crippen LogP contribution in [0.15, 0.2) is 84.2 Å². The number of likely N-dealkylation sites (tertiary alicyclic amines) is 1. The van der Waals surface area contributed by atoms with Gasteiger partial charge in [0.1, 0.15) is 0 Å². The second-order valence-electron chi connectivity index (χ2n) is 11.1. The average Bonchev–Trinajstić information content (AvgIpc) is 3.63. The van der Waals surface area contributed by atoms with Crippen LogP contribution in [-0.2, 0) is 24.2 Å². The summed E-state index contributed by atoms with van der Waals surface area (Å²) in [5, 5.41) is 13.8. The van der Waals surface area contributed by atoms with Crippen LogP contribution in [0.3, 0.4) is 0 Å². The molecule has 6 heteroatoms. The minimum absolute atomic E-state index is 0.00674. The quantitative estimate of drug-likeness (QED) is 0.194. The zero-order valence-corrected chi connectivity index (χ0v) is 24.3. The van der Waals surface area contributed by atoms with Gasteiger partial charge in [-0.1, -0.05) is 66.7 Å². The summed E-state index contributed by atoms with van der Waals surface area (Å²) in [4.78, 5) is 16.3. The molecule has 5 nitrogen and oxygen atoms in total. The Morgan fingerprint density at radius 3 is 2.63 bits per heavy atom. The van der Waals surface area contributed by atoms with Crippen LogP contribution in [0.2, 0.25) is 0 Å². The summed E-state index contributed by atoms with van der Waals surface area (Å²) in [7, 11) is 0. The smallest absolute Gasteiger partial charge is 0.229 e. The summed E-state index contributed by atoms with van der Waals surface area (Å²) in [6, 6.07) is 27.7. The van der Waals surface area contributed by atoms with E-state index in [-0.39, 0.29) is 5.91 Å². The Labute approximate surface area is 245 Å². The number of fused-ring (bicyclic) bond motifs is 1. The Bertz CT molecular complexity index is 1630. The van der Waals surface area contributed by atoms with Crippen molar-refractivity contribution in [2.45, 2.75) is 39.2 Å². The highest BCUT2D eigenvalue weighted by Gasteiger charge is 2.19. The predicted octanol–water partition coefficient (Wildman–Crippen LogP) is 7.74. The minimum atomic E-state index is -0.00674. The summed E-state index contributed by atoms with van der Waals surface area (Å²) in [5.74, 6) is 0.776. The van der Waals surface area contributed by atoms with Crippen molar-refractivity contribution >= 4 is 46.0 Å². The molecule has 2 N–H and O–H groups in total. The molecular formula is C35H36N4OS. The van der Waals surface area contributed by atoms with Gasteiger partial charge in [-0.05, 0) is 97.1 Å². The third-order valence-electron chi connectivity index (χ3n) is 7.99. The molecule has 1 amide bonds. The molecule has 5 aromatic rings. The lowest BCUT2D eigenvalue weighted by Crippen LogP contribution is -2.33. The van der Waals surface area contributed by atoms with Gasteiger partial charge in [0, 0.05) is 22.5 Å². The van der Waals surface area contributed by atoms with Gasteiger partial charge in [0.15, 0.2) is 0 Å². The van der Waals surface area contributed by atoms with Gasteiger partial charge in [-0.15, -0.1) is 11.3 Å². The summed E-state index contributed by atoms with van der Waals surface area (Å²) in [6.07, 6.45) is 8.28. The highest BCUT2D eigenvalue weighted by Crippen LogP contribution is 2.27. The molecule has 208 valence electrons. The van der Waals surface area contributed by atoms with E-state index in [1.165, 1.54) is 30.4 Å². The summed E-state index contributed by atoms with van der Waals surface area (Å²) < 4.78 is 0. The normalized spacial score (nSPS) is 14.7. The Balaban J connectivity index is 1.08. The van der Waals surface area contributed by atoms with Crippen molar-refractivity contribution in [2.24, 2.45) is 5.92 Å². The number of hydrogen-bond acceptors (Lipinski definition) is 4. The second-order valence-corrected chi connectivity index (χ2v) is 12.1. The summed E-state index contributed by atoms with van der Waals surface area (Å²) >= 11 is 1.60. The van der Waals surface area contributed by atoms with E-state index >= 15 is 0 Å². The van der Waals surface area contributed by atoms with Crippen molar-refractivity contribution in [1.29, 1.82) is 0 Å². The SMILES string of the molecule is Cc1cc2[nH]nc(C=Cc3cccc(CN4CCC(Cc5ccccc5)CC4)c3)c2cc1NC(=O)Cc1cccs1. The van der Waals surface area contributed by atoms with Gasteiger partial charge in [0.2, 0.25) is 5.91 Å². The van der Waals surface area contributed by atoms with Crippen molar-refractivity contribution in [3.63, 3.8) is 0 Å². The number of carbonyl (C=O) groups is 1. The van der Waals surface area contributed by atoms with Crippen LogP contribution in [0.5, 0.6) is 0 Å². The van der Waals surface area contributed by atoms with Gasteiger partial charge >= 0.3 is 0 Å². The van der Waals surface area contributed by atoms with Crippen molar-refractivity contribution in [1.82, 2.24) is 15.1 Å². The topological polar surface area (TPSA) is 61.0 Å². The molecule has 0 atom stereocenters. The lowest BCUT2D eigenvalue weighted by atomic mass is 9.90. The maximum absolute atomic E-state index is 12.6. The van der Waals surface area contributed by atoms with Crippen LogP contribution in [0.4, 0.5) is 5.69 Å². The van der Waals surface area contributed by atoms with Crippen LogP contribution < -0.4 is 5.32 Å². The number of aromatic nitrogens is 2. The zero-order valence-electron chi connectivity index (χ0n) is 23.5. The molecule has 3 aromatic carbocycles. The molecule has 2 aromatic heterocycles. The molecular weight excluding hydrogens is 524 g/mol. The number of anilines is 1. The van der Waals surface area contributed by atoms with Crippen molar-refractivity contribution in [3.8, 4) is 0 Å². The molecule has 0 aliphatic carbocycles. The van der Waals surface area contributed by atoms with Crippen molar-refractivity contribution < 1.29 is 4.79 Å². The summed E-state index contributed by atoms with van der Waals surface area (Å²) in [6.45, 7) is 5.30. The van der Waals surface area contributed by atoms with Gasteiger partial charge in [-0.2, -0.15) is 5.10 Å². The molecule has 0 bridgehead atoms. The Kier molecular flexibility index (Phi) is 8.40. The van der Waals surface area contributed by atoms with Crippen LogP contribution in [0.25, 0.3) is 23.1 Å². The number of nitrogens with zero attached hydrogens (tertiary/aromatic N) is 2. The minimum Gasteiger partial charge on any atom is -0.326 e. The first-order valence-electron chi connectivity index (χ1n) is 14.4. The predicted molar refractivity (Wildman–Crippen MR) is 171 cm³/mol. The number of carbonyl (C=O) groups excluding carboxylic acids is 1.